The summed E-state index contributed by atoms with van der Waals surface area (Å²) >= 11 is 0. The third-order valence-corrected chi connectivity index (χ3v) is 4.72. The van der Waals surface area contributed by atoms with Crippen molar-refractivity contribution < 1.29 is 64.6 Å². The Morgan fingerprint density at radius 1 is 0.862 bits per heavy atom. The zero-order valence-corrected chi connectivity index (χ0v) is 15.2. The quantitative estimate of drug-likeness (QED) is 0.174. The summed E-state index contributed by atoms with van der Waals surface area (Å²) < 4.78 is 20.9. The molecule has 2 rings (SSSR count). The van der Waals surface area contributed by atoms with Gasteiger partial charge in [-0.3, -0.25) is 4.79 Å². The van der Waals surface area contributed by atoms with Crippen LogP contribution in [0, 0.1) is 0 Å². The van der Waals surface area contributed by atoms with Crippen LogP contribution in [0.1, 0.15) is 0 Å². The van der Waals surface area contributed by atoms with E-state index >= 15 is 0 Å². The first-order valence-electron chi connectivity index (χ1n) is 8.80. The zero-order valence-electron chi connectivity index (χ0n) is 15.2. The van der Waals surface area contributed by atoms with Gasteiger partial charge >= 0.3 is 5.97 Å². The number of ether oxygens (including phenoxy) is 4. The summed E-state index contributed by atoms with van der Waals surface area (Å²) in [5.74, 6) is -1.36. The number of hydrogen-bond acceptors (Lipinski definition) is 13. The number of hydrogen-bond donors (Lipinski definition) is 9. The normalized spacial score (nSPS) is 44.4. The third-order valence-electron chi connectivity index (χ3n) is 4.72. The van der Waals surface area contributed by atoms with E-state index in [0.717, 1.165) is 0 Å². The molecule has 2 saturated heterocycles. The van der Waals surface area contributed by atoms with Crippen LogP contribution in [0.5, 0.6) is 0 Å². The largest absolute Gasteiger partial charge is 0.480 e. The molecule has 0 saturated carbocycles. The number of nitrogens with two attached hydrogens (primary N) is 1. The van der Waals surface area contributed by atoms with E-state index in [-0.39, 0.29) is 0 Å². The Morgan fingerprint density at radius 2 is 1.41 bits per heavy atom. The lowest BCUT2D eigenvalue weighted by Crippen LogP contribution is -2.64. The van der Waals surface area contributed by atoms with Crippen LogP contribution in [0.25, 0.3) is 0 Å². The van der Waals surface area contributed by atoms with Crippen molar-refractivity contribution in [2.24, 2.45) is 5.73 Å². The van der Waals surface area contributed by atoms with Crippen LogP contribution in [0.4, 0.5) is 0 Å². The molecular formula is C15H27NO13. The molecule has 2 heterocycles. The minimum atomic E-state index is -1.78. The maximum atomic E-state index is 10.7. The molecule has 0 aromatic carbocycles. The van der Waals surface area contributed by atoms with Crippen LogP contribution >= 0.6 is 0 Å². The molecule has 0 spiro atoms. The van der Waals surface area contributed by atoms with Crippen LogP contribution in [0.3, 0.4) is 0 Å². The Kier molecular flexibility index (Phi) is 8.65. The van der Waals surface area contributed by atoms with Gasteiger partial charge in [-0.2, -0.15) is 0 Å². The van der Waals surface area contributed by atoms with Gasteiger partial charge in [0, 0.05) is 0 Å². The number of carbonyl (C=O) groups is 1. The number of rotatable bonds is 8. The Labute approximate surface area is 164 Å². The average Bonchev–Trinajstić information content (AvgIpc) is 2.70. The molecule has 2 fully saturated rings. The summed E-state index contributed by atoms with van der Waals surface area (Å²) in [5, 5.41) is 77.6. The van der Waals surface area contributed by atoms with Crippen molar-refractivity contribution in [1.82, 2.24) is 0 Å². The third kappa shape index (κ3) is 5.38. The van der Waals surface area contributed by atoms with Crippen LogP contribution in [0.15, 0.2) is 0 Å². The van der Waals surface area contributed by atoms with Crippen LogP contribution < -0.4 is 5.73 Å². The summed E-state index contributed by atoms with van der Waals surface area (Å²) in [6.45, 7) is -2.00. The molecule has 0 aromatic heterocycles. The molecule has 10 unspecified atom stereocenters. The molecule has 0 amide bonds. The first kappa shape index (κ1) is 24.3. The molecule has 0 bridgehead atoms. The SMILES string of the molecule is N[C@@H](COC1OC(CO)C(OC2OC(CO)C(O)C(O)C2O)C(O)C1O)C(=O)O. The first-order chi connectivity index (χ1) is 13.6. The van der Waals surface area contributed by atoms with Crippen LogP contribution in [-0.4, -0.2) is 134 Å². The van der Waals surface area contributed by atoms with Gasteiger partial charge in [-0.1, -0.05) is 0 Å². The Balaban J connectivity index is 2.06. The van der Waals surface area contributed by atoms with Crippen molar-refractivity contribution >= 4 is 5.97 Å². The summed E-state index contributed by atoms with van der Waals surface area (Å²) in [5.41, 5.74) is 5.29. The van der Waals surface area contributed by atoms with Crippen molar-refractivity contribution in [1.29, 1.82) is 0 Å². The van der Waals surface area contributed by atoms with Gasteiger partial charge in [-0.15, -0.1) is 0 Å². The van der Waals surface area contributed by atoms with E-state index in [1.807, 2.05) is 0 Å². The Morgan fingerprint density at radius 3 is 1.97 bits per heavy atom. The van der Waals surface area contributed by atoms with Gasteiger partial charge in [0.2, 0.25) is 0 Å². The molecule has 14 nitrogen and oxygen atoms in total. The highest BCUT2D eigenvalue weighted by atomic mass is 16.7. The molecule has 0 aliphatic carbocycles. The summed E-state index contributed by atoms with van der Waals surface area (Å²) in [6.07, 6.45) is -15.9. The topological polar surface area (TPSA) is 242 Å². The fraction of sp³-hybridized carbons (Fsp3) is 0.933. The molecule has 0 radical (unpaired) electrons. The predicted octanol–water partition coefficient (Wildman–Crippen LogP) is -5.96. The monoisotopic (exact) mass is 429 g/mol. The van der Waals surface area contributed by atoms with E-state index in [9.17, 15) is 40.5 Å². The van der Waals surface area contributed by atoms with Gasteiger partial charge < -0.3 is 65.5 Å². The molecule has 0 aromatic rings. The molecule has 29 heavy (non-hydrogen) atoms. The van der Waals surface area contributed by atoms with Gasteiger partial charge in [0.1, 0.15) is 54.9 Å². The molecular weight excluding hydrogens is 402 g/mol. The number of carboxylic acids is 1. The smallest absolute Gasteiger partial charge is 0.322 e. The summed E-state index contributed by atoms with van der Waals surface area (Å²) in [7, 11) is 0. The van der Waals surface area contributed by atoms with Crippen molar-refractivity contribution in [3.05, 3.63) is 0 Å². The van der Waals surface area contributed by atoms with E-state index in [2.05, 4.69) is 0 Å². The number of aliphatic carboxylic acids is 1. The van der Waals surface area contributed by atoms with Gasteiger partial charge in [-0.05, 0) is 0 Å². The van der Waals surface area contributed by atoms with Gasteiger partial charge in [0.05, 0.1) is 19.8 Å². The number of aliphatic hydroxyl groups is 7. The second-order valence-electron chi connectivity index (χ2n) is 6.78. The molecule has 2 aliphatic heterocycles. The maximum absolute atomic E-state index is 10.7. The van der Waals surface area contributed by atoms with E-state index in [4.69, 9.17) is 29.8 Å². The van der Waals surface area contributed by atoms with Crippen molar-refractivity contribution in [2.45, 2.75) is 67.5 Å². The van der Waals surface area contributed by atoms with E-state index in [1.54, 1.807) is 0 Å². The van der Waals surface area contributed by atoms with Gasteiger partial charge in [-0.25, -0.2) is 0 Å². The first-order valence-corrected chi connectivity index (χ1v) is 8.80. The Bertz CT molecular complexity index is 534. The molecule has 170 valence electrons. The molecule has 14 heteroatoms. The Hall–Kier alpha value is -1.01. The lowest BCUT2D eigenvalue weighted by Gasteiger charge is -2.46. The maximum Gasteiger partial charge on any atom is 0.322 e. The minimum absolute atomic E-state index is 0.555. The van der Waals surface area contributed by atoms with Crippen molar-refractivity contribution in [3.63, 3.8) is 0 Å². The minimum Gasteiger partial charge on any atom is -0.480 e. The second kappa shape index (κ2) is 10.3. The second-order valence-corrected chi connectivity index (χ2v) is 6.78. The van der Waals surface area contributed by atoms with E-state index in [1.165, 1.54) is 0 Å². The summed E-state index contributed by atoms with van der Waals surface area (Å²) in [4.78, 5) is 10.7. The van der Waals surface area contributed by atoms with E-state index < -0.39 is 93.2 Å². The van der Waals surface area contributed by atoms with Crippen LogP contribution in [-0.2, 0) is 23.7 Å². The summed E-state index contributed by atoms with van der Waals surface area (Å²) in [6, 6.07) is -1.42. The molecule has 2 aliphatic rings. The highest BCUT2D eigenvalue weighted by Gasteiger charge is 2.50. The number of aliphatic hydroxyl groups excluding tert-OH is 7. The number of carboxylic acid groups (broad SMARTS) is 1. The van der Waals surface area contributed by atoms with Crippen molar-refractivity contribution in [2.75, 3.05) is 19.8 Å². The fourth-order valence-electron chi connectivity index (χ4n) is 2.96. The van der Waals surface area contributed by atoms with Gasteiger partial charge in [0.25, 0.3) is 0 Å². The van der Waals surface area contributed by atoms with E-state index in [0.29, 0.717) is 0 Å². The highest BCUT2D eigenvalue weighted by Crippen LogP contribution is 2.29. The zero-order chi connectivity index (χ0) is 21.9. The molecule has 11 atom stereocenters. The fourth-order valence-corrected chi connectivity index (χ4v) is 2.96. The lowest BCUT2D eigenvalue weighted by molar-refractivity contribution is -0.359. The standard InChI is InChI=1S/C15H27NO13/c16-4(13(24)25)3-26-14-11(23)9(21)12(6(2-18)28-14)29-15-10(22)8(20)7(19)5(1-17)27-15/h4-12,14-15,17-23H,1-3,16H2,(H,24,25)/t4-,5?,6?,7?,8?,9?,10?,11?,12?,14?,15?/m0/s1. The predicted molar refractivity (Wildman–Crippen MR) is 88.0 cm³/mol. The lowest BCUT2D eigenvalue weighted by atomic mass is 9.97. The van der Waals surface area contributed by atoms with Crippen LogP contribution in [0.2, 0.25) is 0 Å². The van der Waals surface area contributed by atoms with Gasteiger partial charge in [0.15, 0.2) is 12.6 Å². The highest BCUT2D eigenvalue weighted by molar-refractivity contribution is 5.73. The van der Waals surface area contributed by atoms with Crippen molar-refractivity contribution in [3.8, 4) is 0 Å². The molecule has 10 N–H and O–H groups in total. The average molecular weight is 429 g/mol.